The van der Waals surface area contributed by atoms with E-state index < -0.39 is 0 Å². The molecule has 0 atom stereocenters. The molecule has 2 heterocycles. The molecule has 0 radical (unpaired) electrons. The van der Waals surface area contributed by atoms with E-state index in [0.717, 1.165) is 15.8 Å². The predicted molar refractivity (Wildman–Crippen MR) is 82.7 cm³/mol. The van der Waals surface area contributed by atoms with E-state index in [1.165, 1.54) is 17.2 Å². The Hall–Kier alpha value is -1.65. The molecular weight excluding hydrogens is 292 g/mol. The molecule has 0 fully saturated rings. The van der Waals surface area contributed by atoms with Crippen LogP contribution in [0.4, 0.5) is 0 Å². The molecule has 0 bridgehead atoms. The average molecular weight is 303 g/mol. The number of nitrogens with one attached hydrogen (secondary N) is 1. The van der Waals surface area contributed by atoms with Gasteiger partial charge in [0, 0.05) is 41.3 Å². The number of aryl methyl sites for hydroxylation is 1. The van der Waals surface area contributed by atoms with Crippen LogP contribution in [0.15, 0.2) is 46.3 Å². The van der Waals surface area contributed by atoms with Crippen molar-refractivity contribution in [1.29, 1.82) is 0 Å². The van der Waals surface area contributed by atoms with Gasteiger partial charge in [-0.2, -0.15) is 0 Å². The van der Waals surface area contributed by atoms with Gasteiger partial charge in [-0.15, -0.1) is 11.8 Å². The fourth-order valence-corrected chi connectivity index (χ4v) is 4.07. The maximum Gasteiger partial charge on any atom is 0.248 e. The number of thioether (sulfide) groups is 1. The van der Waals surface area contributed by atoms with Crippen LogP contribution in [0.25, 0.3) is 10.9 Å². The number of fused-ring (bicyclic) bond motifs is 2. The van der Waals surface area contributed by atoms with Crippen LogP contribution >= 0.6 is 23.4 Å². The molecule has 1 aliphatic carbocycles. The molecule has 0 unspecified atom stereocenters. The highest BCUT2D eigenvalue weighted by molar-refractivity contribution is 8.00. The number of nitrogens with zero attached hydrogens (tertiary/aromatic N) is 1. The zero-order chi connectivity index (χ0) is 13.9. The number of pyridine rings is 1. The minimum Gasteiger partial charge on any atom is -0.357 e. The molecule has 0 saturated carbocycles. The zero-order valence-electron chi connectivity index (χ0n) is 10.7. The van der Waals surface area contributed by atoms with E-state index >= 15 is 0 Å². The molecule has 1 N–H and O–H groups in total. The number of halogens is 1. The number of aromatic amines is 1. The van der Waals surface area contributed by atoms with Crippen LogP contribution in [0.3, 0.4) is 0 Å². The molecule has 0 amide bonds. The molecule has 5 heteroatoms. The number of hydrogen-bond donors (Lipinski definition) is 1. The van der Waals surface area contributed by atoms with Gasteiger partial charge in [-0.25, -0.2) is 0 Å². The van der Waals surface area contributed by atoms with Gasteiger partial charge in [0.1, 0.15) is 0 Å². The summed E-state index contributed by atoms with van der Waals surface area (Å²) < 4.78 is 2.08. The van der Waals surface area contributed by atoms with Crippen LogP contribution in [0.2, 0.25) is 5.02 Å². The third-order valence-corrected chi connectivity index (χ3v) is 5.41. The van der Waals surface area contributed by atoms with Crippen molar-refractivity contribution in [2.24, 2.45) is 7.05 Å². The van der Waals surface area contributed by atoms with Gasteiger partial charge in [-0.3, -0.25) is 4.79 Å². The van der Waals surface area contributed by atoms with Crippen molar-refractivity contribution in [3.05, 3.63) is 63.2 Å². The van der Waals surface area contributed by atoms with Crippen molar-refractivity contribution >= 4 is 34.3 Å². The molecule has 0 spiro atoms. The Kier molecular flexibility index (Phi) is 2.53. The third kappa shape index (κ3) is 1.79. The lowest BCUT2D eigenvalue weighted by Crippen LogP contribution is -2.02. The SMILES string of the molecule is Cn1cc2c(c1)C2Sc1ccc2[nH]c(=O)ccc2c1Cl. The Morgan fingerprint density at radius 2 is 1.95 bits per heavy atom. The summed E-state index contributed by atoms with van der Waals surface area (Å²) >= 11 is 8.22. The maximum absolute atomic E-state index is 11.3. The first-order valence-electron chi connectivity index (χ1n) is 6.27. The topological polar surface area (TPSA) is 37.8 Å². The Morgan fingerprint density at radius 1 is 1.20 bits per heavy atom. The summed E-state index contributed by atoms with van der Waals surface area (Å²) in [5.41, 5.74) is 3.44. The highest BCUT2D eigenvalue weighted by atomic mass is 35.5. The summed E-state index contributed by atoms with van der Waals surface area (Å²) in [5, 5.41) is 2.04. The van der Waals surface area contributed by atoms with Gasteiger partial charge < -0.3 is 9.55 Å². The molecule has 3 nitrogen and oxygen atoms in total. The van der Waals surface area contributed by atoms with Crippen LogP contribution in [0, 0.1) is 0 Å². The smallest absolute Gasteiger partial charge is 0.248 e. The van der Waals surface area contributed by atoms with Crippen LogP contribution < -0.4 is 5.56 Å². The largest absolute Gasteiger partial charge is 0.357 e. The summed E-state index contributed by atoms with van der Waals surface area (Å²) in [4.78, 5) is 15.2. The Bertz CT molecular complexity index is 875. The number of rotatable bonds is 2. The van der Waals surface area contributed by atoms with Crippen LogP contribution in [-0.2, 0) is 7.05 Å². The molecule has 1 aliphatic rings. The predicted octanol–water partition coefficient (Wildman–Crippen LogP) is 3.72. The third-order valence-electron chi connectivity index (χ3n) is 3.55. The summed E-state index contributed by atoms with van der Waals surface area (Å²) in [5.74, 6) is 0. The van der Waals surface area contributed by atoms with E-state index in [9.17, 15) is 4.79 Å². The first-order chi connectivity index (χ1) is 9.63. The second-order valence-electron chi connectivity index (χ2n) is 4.99. The quantitative estimate of drug-likeness (QED) is 0.783. The van der Waals surface area contributed by atoms with Crippen molar-refractivity contribution in [3.63, 3.8) is 0 Å². The summed E-state index contributed by atoms with van der Waals surface area (Å²) in [6.07, 6.45) is 4.30. The highest BCUT2D eigenvalue weighted by Crippen LogP contribution is 2.56. The first-order valence-corrected chi connectivity index (χ1v) is 7.53. The minimum absolute atomic E-state index is 0.107. The van der Waals surface area contributed by atoms with Crippen LogP contribution in [-0.4, -0.2) is 9.55 Å². The Balaban J connectivity index is 1.71. The molecular formula is C15H11ClN2OS. The zero-order valence-corrected chi connectivity index (χ0v) is 12.3. The van der Waals surface area contributed by atoms with Gasteiger partial charge in [-0.05, 0) is 29.3 Å². The highest BCUT2D eigenvalue weighted by Gasteiger charge is 2.35. The van der Waals surface area contributed by atoms with Crippen molar-refractivity contribution in [2.75, 3.05) is 0 Å². The second kappa shape index (κ2) is 4.17. The monoisotopic (exact) mass is 302 g/mol. The van der Waals surface area contributed by atoms with E-state index in [1.807, 2.05) is 19.2 Å². The fourth-order valence-electron chi connectivity index (χ4n) is 2.52. The fraction of sp³-hybridized carbons (Fsp3) is 0.133. The van der Waals surface area contributed by atoms with E-state index in [0.29, 0.717) is 10.3 Å². The van der Waals surface area contributed by atoms with Gasteiger partial charge in [0.2, 0.25) is 5.56 Å². The van der Waals surface area contributed by atoms with Crippen molar-refractivity contribution in [3.8, 4) is 0 Å². The lowest BCUT2D eigenvalue weighted by molar-refractivity contribution is 0.909. The number of aromatic nitrogens is 2. The van der Waals surface area contributed by atoms with Gasteiger partial charge in [0.25, 0.3) is 0 Å². The summed E-state index contributed by atoms with van der Waals surface area (Å²) in [6.45, 7) is 0. The van der Waals surface area contributed by atoms with Crippen LogP contribution in [0.1, 0.15) is 16.4 Å². The Morgan fingerprint density at radius 3 is 2.70 bits per heavy atom. The Labute approximate surface area is 124 Å². The van der Waals surface area contributed by atoms with Gasteiger partial charge in [0.05, 0.1) is 10.3 Å². The van der Waals surface area contributed by atoms with E-state index in [4.69, 9.17) is 11.6 Å². The van der Waals surface area contributed by atoms with Gasteiger partial charge in [-0.1, -0.05) is 11.6 Å². The summed E-state index contributed by atoms with van der Waals surface area (Å²) in [7, 11) is 2.03. The van der Waals surface area contributed by atoms with Crippen LogP contribution in [0.5, 0.6) is 0 Å². The number of benzene rings is 1. The number of hydrogen-bond acceptors (Lipinski definition) is 2. The first kappa shape index (κ1) is 12.1. The number of H-pyrrole nitrogens is 1. The second-order valence-corrected chi connectivity index (χ2v) is 6.52. The molecule has 0 aliphatic heterocycles. The van der Waals surface area contributed by atoms with E-state index in [-0.39, 0.29) is 5.56 Å². The molecule has 3 aromatic rings. The molecule has 4 rings (SSSR count). The van der Waals surface area contributed by atoms with E-state index in [1.54, 1.807) is 17.8 Å². The van der Waals surface area contributed by atoms with E-state index in [2.05, 4.69) is 21.9 Å². The minimum atomic E-state index is -0.107. The molecule has 0 saturated heterocycles. The maximum atomic E-state index is 11.3. The van der Waals surface area contributed by atoms with Crippen molar-refractivity contribution in [2.45, 2.75) is 10.1 Å². The molecule has 100 valence electrons. The molecule has 20 heavy (non-hydrogen) atoms. The normalized spacial score (nSPS) is 13.7. The average Bonchev–Trinajstić information content (AvgIpc) is 2.87. The summed E-state index contributed by atoms with van der Waals surface area (Å²) in [6, 6.07) is 7.18. The molecule has 2 aromatic heterocycles. The lowest BCUT2D eigenvalue weighted by Gasteiger charge is -2.07. The van der Waals surface area contributed by atoms with Gasteiger partial charge in [0.15, 0.2) is 0 Å². The van der Waals surface area contributed by atoms with Crippen molar-refractivity contribution < 1.29 is 0 Å². The standard InChI is InChI=1S/C15H11ClN2OS/c1-18-6-9-10(7-18)15(9)20-12-4-3-11-8(14(12)16)2-5-13(19)17-11/h2-7,15H,1H3,(H,17,19). The van der Waals surface area contributed by atoms with Gasteiger partial charge >= 0.3 is 0 Å². The van der Waals surface area contributed by atoms with Crippen molar-refractivity contribution in [1.82, 2.24) is 9.55 Å². The lowest BCUT2D eigenvalue weighted by atomic mass is 10.2. The molecule has 1 aromatic carbocycles.